The van der Waals surface area contributed by atoms with Crippen LogP contribution in [0.15, 0.2) is 40.9 Å². The van der Waals surface area contributed by atoms with Crippen LogP contribution in [0, 0.1) is 13.8 Å². The zero-order valence-electron chi connectivity index (χ0n) is 14.3. The van der Waals surface area contributed by atoms with E-state index in [1.165, 1.54) is 0 Å². The number of carbonyl (C=O) groups excluding carboxylic acids is 1. The molecule has 1 aromatic carbocycles. The molecule has 3 rings (SSSR count). The summed E-state index contributed by atoms with van der Waals surface area (Å²) in [4.78, 5) is 12.4. The molecule has 0 unspecified atom stereocenters. The normalized spacial score (nSPS) is 10.5. The molecule has 0 atom stereocenters. The number of nitrogens with one attached hydrogen (secondary N) is 2. The Morgan fingerprint density at radius 3 is 2.60 bits per heavy atom. The summed E-state index contributed by atoms with van der Waals surface area (Å²) in [6, 6.07) is 11.0. The van der Waals surface area contributed by atoms with Crippen LogP contribution in [-0.4, -0.2) is 21.3 Å². The highest BCUT2D eigenvalue weighted by atomic mass is 16.5. The highest BCUT2D eigenvalue weighted by molar-refractivity contribution is 6.03. The summed E-state index contributed by atoms with van der Waals surface area (Å²) < 4.78 is 4.97. The minimum Gasteiger partial charge on any atom is -0.360 e. The van der Waals surface area contributed by atoms with Gasteiger partial charge in [0.1, 0.15) is 5.76 Å². The third-order valence-electron chi connectivity index (χ3n) is 3.76. The van der Waals surface area contributed by atoms with Gasteiger partial charge in [0.05, 0.1) is 0 Å². The van der Waals surface area contributed by atoms with Crippen molar-refractivity contribution in [3.63, 3.8) is 0 Å². The Kier molecular flexibility index (Phi) is 4.74. The molecule has 2 aromatic heterocycles. The number of hydrogen-bond donors (Lipinski definition) is 2. The first-order chi connectivity index (χ1) is 12.1. The summed E-state index contributed by atoms with van der Waals surface area (Å²) >= 11 is 0. The van der Waals surface area contributed by atoms with E-state index in [2.05, 4.69) is 32.9 Å². The molecular formula is C18H19N5O2. The van der Waals surface area contributed by atoms with Gasteiger partial charge in [0.25, 0.3) is 5.91 Å². The van der Waals surface area contributed by atoms with Gasteiger partial charge in [-0.2, -0.15) is 0 Å². The highest BCUT2D eigenvalue weighted by Gasteiger charge is 2.13. The second kappa shape index (κ2) is 7.12. The van der Waals surface area contributed by atoms with Gasteiger partial charge in [0.2, 0.25) is 0 Å². The number of hydrogen-bond acceptors (Lipinski definition) is 6. The lowest BCUT2D eigenvalue weighted by Crippen LogP contribution is -2.16. The van der Waals surface area contributed by atoms with Crippen LogP contribution in [-0.2, 0) is 6.42 Å². The predicted molar refractivity (Wildman–Crippen MR) is 95.1 cm³/mol. The molecule has 0 bridgehead atoms. The Balaban J connectivity index is 1.73. The molecule has 0 radical (unpaired) electrons. The van der Waals surface area contributed by atoms with E-state index in [1.54, 1.807) is 25.1 Å². The smallest absolute Gasteiger partial charge is 0.276 e. The van der Waals surface area contributed by atoms with Crippen molar-refractivity contribution in [2.45, 2.75) is 27.2 Å². The van der Waals surface area contributed by atoms with Gasteiger partial charge < -0.3 is 15.2 Å². The second-order valence-electron chi connectivity index (χ2n) is 5.67. The van der Waals surface area contributed by atoms with Crippen molar-refractivity contribution in [1.29, 1.82) is 0 Å². The lowest BCUT2D eigenvalue weighted by atomic mass is 10.1. The van der Waals surface area contributed by atoms with Gasteiger partial charge in [-0.3, -0.25) is 4.79 Å². The monoisotopic (exact) mass is 337 g/mol. The molecule has 7 heteroatoms. The molecule has 0 aliphatic heterocycles. The summed E-state index contributed by atoms with van der Waals surface area (Å²) in [6.45, 7) is 5.82. The molecule has 0 saturated heterocycles. The van der Waals surface area contributed by atoms with Crippen LogP contribution in [0.4, 0.5) is 17.3 Å². The van der Waals surface area contributed by atoms with Gasteiger partial charge in [0.15, 0.2) is 17.3 Å². The van der Waals surface area contributed by atoms with Crippen LogP contribution in [0.3, 0.4) is 0 Å². The number of benzene rings is 1. The van der Waals surface area contributed by atoms with E-state index in [0.717, 1.165) is 23.2 Å². The Bertz CT molecular complexity index is 887. The average Bonchev–Trinajstić information content (AvgIpc) is 3.02. The van der Waals surface area contributed by atoms with Gasteiger partial charge in [-0.25, -0.2) is 0 Å². The van der Waals surface area contributed by atoms with E-state index in [9.17, 15) is 4.79 Å². The van der Waals surface area contributed by atoms with Gasteiger partial charge in [-0.15, -0.1) is 10.2 Å². The number of para-hydroxylation sites is 1. The average molecular weight is 337 g/mol. The summed E-state index contributed by atoms with van der Waals surface area (Å²) in [5.74, 6) is 1.42. The molecule has 7 nitrogen and oxygen atoms in total. The second-order valence-corrected chi connectivity index (χ2v) is 5.67. The van der Waals surface area contributed by atoms with Crippen LogP contribution in [0.5, 0.6) is 0 Å². The van der Waals surface area contributed by atoms with Crippen molar-refractivity contribution in [3.05, 3.63) is 59.0 Å². The maximum absolute atomic E-state index is 12.4. The number of aryl methyl sites for hydroxylation is 3. The first-order valence-electron chi connectivity index (χ1n) is 8.00. The van der Waals surface area contributed by atoms with Crippen molar-refractivity contribution in [2.24, 2.45) is 0 Å². The number of nitrogens with zero attached hydrogens (tertiary/aromatic N) is 3. The topological polar surface area (TPSA) is 92.9 Å². The van der Waals surface area contributed by atoms with E-state index in [1.807, 2.05) is 25.1 Å². The van der Waals surface area contributed by atoms with Crippen LogP contribution >= 0.6 is 0 Å². The highest BCUT2D eigenvalue weighted by Crippen LogP contribution is 2.22. The number of aromatic nitrogens is 3. The van der Waals surface area contributed by atoms with Crippen LogP contribution in [0.1, 0.15) is 34.3 Å². The molecule has 0 fully saturated rings. The standard InChI is InChI=1S/C18H19N5O2/c1-4-13-7-5-6-11(2)17(13)20-18(24)14-8-9-15(22-21-14)19-16-10-12(3)25-23-16/h5-10H,4H2,1-3H3,(H,20,24)(H,19,22,23). The Hall–Kier alpha value is -3.22. The summed E-state index contributed by atoms with van der Waals surface area (Å²) in [6.07, 6.45) is 0.836. The Morgan fingerprint density at radius 1 is 1.12 bits per heavy atom. The zero-order valence-corrected chi connectivity index (χ0v) is 14.3. The largest absolute Gasteiger partial charge is 0.360 e. The summed E-state index contributed by atoms with van der Waals surface area (Å²) in [7, 11) is 0. The van der Waals surface area contributed by atoms with E-state index < -0.39 is 0 Å². The first-order valence-corrected chi connectivity index (χ1v) is 8.00. The third-order valence-corrected chi connectivity index (χ3v) is 3.76. The third kappa shape index (κ3) is 3.82. The molecular weight excluding hydrogens is 318 g/mol. The SMILES string of the molecule is CCc1cccc(C)c1NC(=O)c1ccc(Nc2cc(C)on2)nn1. The Labute approximate surface area is 145 Å². The lowest BCUT2D eigenvalue weighted by Gasteiger charge is -2.12. The molecule has 1 amide bonds. The molecule has 0 spiro atoms. The maximum atomic E-state index is 12.4. The van der Waals surface area contributed by atoms with Crippen molar-refractivity contribution >= 4 is 23.2 Å². The minimum absolute atomic E-state index is 0.243. The molecule has 3 aromatic rings. The van der Waals surface area contributed by atoms with Gasteiger partial charge >= 0.3 is 0 Å². The van der Waals surface area contributed by atoms with Gasteiger partial charge in [-0.05, 0) is 43.5 Å². The van der Waals surface area contributed by atoms with E-state index in [4.69, 9.17) is 4.52 Å². The van der Waals surface area contributed by atoms with Gasteiger partial charge in [-0.1, -0.05) is 30.3 Å². The van der Waals surface area contributed by atoms with Crippen LogP contribution in [0.2, 0.25) is 0 Å². The van der Waals surface area contributed by atoms with Crippen molar-refractivity contribution in [2.75, 3.05) is 10.6 Å². The predicted octanol–water partition coefficient (Wildman–Crippen LogP) is 3.64. The van der Waals surface area contributed by atoms with Crippen molar-refractivity contribution < 1.29 is 9.32 Å². The molecule has 2 heterocycles. The van der Waals surface area contributed by atoms with Crippen molar-refractivity contribution in [3.8, 4) is 0 Å². The molecule has 2 N–H and O–H groups in total. The number of amides is 1. The molecule has 0 aliphatic rings. The number of rotatable bonds is 5. The van der Waals surface area contributed by atoms with Gasteiger partial charge in [0, 0.05) is 11.8 Å². The fourth-order valence-electron chi connectivity index (χ4n) is 2.46. The molecule has 25 heavy (non-hydrogen) atoms. The van der Waals surface area contributed by atoms with Crippen molar-refractivity contribution in [1.82, 2.24) is 15.4 Å². The molecule has 0 aliphatic carbocycles. The lowest BCUT2D eigenvalue weighted by molar-refractivity contribution is 0.102. The fourth-order valence-corrected chi connectivity index (χ4v) is 2.46. The number of anilines is 3. The summed E-state index contributed by atoms with van der Waals surface area (Å²) in [5, 5.41) is 17.7. The van der Waals surface area contributed by atoms with E-state index >= 15 is 0 Å². The molecule has 0 saturated carbocycles. The fraction of sp³-hybridized carbons (Fsp3) is 0.222. The van der Waals surface area contributed by atoms with E-state index in [0.29, 0.717) is 17.4 Å². The quantitative estimate of drug-likeness (QED) is 0.738. The maximum Gasteiger partial charge on any atom is 0.276 e. The zero-order chi connectivity index (χ0) is 17.8. The summed E-state index contributed by atoms with van der Waals surface area (Å²) in [5.41, 5.74) is 3.17. The first kappa shape index (κ1) is 16.6. The van der Waals surface area contributed by atoms with Crippen LogP contribution < -0.4 is 10.6 Å². The van der Waals surface area contributed by atoms with Crippen LogP contribution in [0.25, 0.3) is 0 Å². The Morgan fingerprint density at radius 2 is 1.96 bits per heavy atom. The van der Waals surface area contributed by atoms with E-state index in [-0.39, 0.29) is 11.6 Å². The molecule has 128 valence electrons. The minimum atomic E-state index is -0.291. The number of carbonyl (C=O) groups is 1.